The highest BCUT2D eigenvalue weighted by molar-refractivity contribution is 6.31. The molecule has 3 aromatic rings. The molecule has 0 spiro atoms. The summed E-state index contributed by atoms with van der Waals surface area (Å²) in [7, 11) is 1.60. The molecule has 6 N–H and O–H groups in total. The number of anilines is 2. The lowest BCUT2D eigenvalue weighted by Crippen LogP contribution is -2.52. The van der Waals surface area contributed by atoms with Gasteiger partial charge in [0.2, 0.25) is 0 Å². The zero-order valence-electron chi connectivity index (χ0n) is 19.7. The first-order valence-corrected chi connectivity index (χ1v) is 11.7. The third-order valence-electron chi connectivity index (χ3n) is 5.99. The van der Waals surface area contributed by atoms with Crippen LogP contribution in [-0.2, 0) is 24.4 Å². The molecule has 2 aromatic heterocycles. The van der Waals surface area contributed by atoms with Gasteiger partial charge in [0.25, 0.3) is 17.6 Å². The summed E-state index contributed by atoms with van der Waals surface area (Å²) in [5.74, 6) is 0.718. The van der Waals surface area contributed by atoms with Gasteiger partial charge in [-0.2, -0.15) is 0 Å². The second kappa shape index (κ2) is 10.3. The number of hydrogen-bond acceptors (Lipinski definition) is 8. The van der Waals surface area contributed by atoms with Gasteiger partial charge in [0.1, 0.15) is 12.3 Å². The van der Waals surface area contributed by atoms with Crippen molar-refractivity contribution in [1.82, 2.24) is 30.1 Å². The van der Waals surface area contributed by atoms with Gasteiger partial charge in [0, 0.05) is 32.2 Å². The number of methoxy groups -OCH3 is 1. The molecule has 3 heterocycles. The summed E-state index contributed by atoms with van der Waals surface area (Å²) in [4.78, 5) is 35.7. The normalized spacial score (nSPS) is 13.7. The fourth-order valence-corrected chi connectivity index (χ4v) is 4.35. The molecule has 35 heavy (non-hydrogen) atoms. The quantitative estimate of drug-likeness (QED) is 0.327. The summed E-state index contributed by atoms with van der Waals surface area (Å²) in [6, 6.07) is 5.68. The van der Waals surface area contributed by atoms with Crippen LogP contribution in [0, 0.1) is 0 Å². The summed E-state index contributed by atoms with van der Waals surface area (Å²) in [5.41, 5.74) is 13.1. The molecule has 1 fully saturated rings. The Hall–Kier alpha value is -3.64. The van der Waals surface area contributed by atoms with Crippen LogP contribution in [0.15, 0.2) is 18.2 Å². The number of benzene rings is 1. The highest BCUT2D eigenvalue weighted by Crippen LogP contribution is 2.22. The fraction of sp³-hybridized carbons (Fsp3) is 0.409. The molecule has 13 heteroatoms. The average Bonchev–Trinajstić information content (AvgIpc) is 3.16. The van der Waals surface area contributed by atoms with Gasteiger partial charge in [-0.15, -0.1) is 0 Å². The van der Waals surface area contributed by atoms with Gasteiger partial charge in [-0.3, -0.25) is 9.59 Å². The van der Waals surface area contributed by atoms with E-state index in [0.717, 1.165) is 29.9 Å². The molecule has 4 rings (SSSR count). The van der Waals surface area contributed by atoms with Crippen LogP contribution in [0.4, 0.5) is 11.6 Å². The first-order valence-electron chi connectivity index (χ1n) is 11.3. The smallest absolute Gasteiger partial charge is 0.277 e. The monoisotopic (exact) mass is 502 g/mol. The van der Waals surface area contributed by atoms with Crippen molar-refractivity contribution >= 4 is 46.1 Å². The molecule has 186 valence electrons. The summed E-state index contributed by atoms with van der Waals surface area (Å²) >= 11 is 5.93. The number of amides is 2. The highest BCUT2D eigenvalue weighted by atomic mass is 35.5. The molecule has 0 atom stereocenters. The number of halogens is 1. The largest absolute Gasteiger partial charge is 0.497 e. The van der Waals surface area contributed by atoms with E-state index in [1.165, 1.54) is 0 Å². The Morgan fingerprint density at radius 2 is 1.97 bits per heavy atom. The predicted molar refractivity (Wildman–Crippen MR) is 131 cm³/mol. The maximum Gasteiger partial charge on any atom is 0.277 e. The number of piperazine rings is 1. The summed E-state index contributed by atoms with van der Waals surface area (Å²) in [5, 5.41) is 5.99. The maximum absolute atomic E-state index is 13.2. The van der Waals surface area contributed by atoms with Crippen LogP contribution in [0.3, 0.4) is 0 Å². The number of nitrogens with one attached hydrogen (secondary N) is 2. The fourth-order valence-electron chi connectivity index (χ4n) is 4.22. The molecule has 0 bridgehead atoms. The van der Waals surface area contributed by atoms with Crippen LogP contribution in [0.1, 0.15) is 23.2 Å². The SMILES string of the molecule is CCn1c(CNC(=O)c2nc(Cl)c(N)nc2N)[n+](CC(=O)N2CCNCC2)c2ccc(OC)cc21. The van der Waals surface area contributed by atoms with Crippen molar-refractivity contribution in [2.45, 2.75) is 26.6 Å². The molecule has 12 nitrogen and oxygen atoms in total. The minimum Gasteiger partial charge on any atom is -0.497 e. The minimum atomic E-state index is -0.553. The van der Waals surface area contributed by atoms with Crippen molar-refractivity contribution in [3.8, 4) is 5.75 Å². The number of nitrogens with zero attached hydrogens (tertiary/aromatic N) is 5. The number of rotatable bonds is 7. The number of aryl methyl sites for hydroxylation is 1. The van der Waals surface area contributed by atoms with Gasteiger partial charge >= 0.3 is 0 Å². The average molecular weight is 503 g/mol. The van der Waals surface area contributed by atoms with Crippen LogP contribution >= 0.6 is 11.6 Å². The van der Waals surface area contributed by atoms with E-state index in [4.69, 9.17) is 27.8 Å². The Balaban J connectivity index is 1.69. The van der Waals surface area contributed by atoms with Crippen LogP contribution in [0.5, 0.6) is 5.75 Å². The number of imidazole rings is 1. The van der Waals surface area contributed by atoms with E-state index in [1.807, 2.05) is 39.2 Å². The van der Waals surface area contributed by atoms with Gasteiger partial charge in [0.05, 0.1) is 13.7 Å². The maximum atomic E-state index is 13.2. The van der Waals surface area contributed by atoms with Gasteiger partial charge in [-0.25, -0.2) is 19.1 Å². The van der Waals surface area contributed by atoms with Crippen LogP contribution < -0.4 is 31.4 Å². The molecule has 0 aliphatic carbocycles. The number of nitrogen functional groups attached to an aromatic ring is 2. The lowest BCUT2D eigenvalue weighted by atomic mass is 10.3. The molecular formula is C22H29ClN9O3+. The molecule has 1 aromatic carbocycles. The molecular weight excluding hydrogens is 474 g/mol. The molecule has 0 radical (unpaired) electrons. The number of ether oxygens (including phenoxy) is 1. The van der Waals surface area contributed by atoms with E-state index in [-0.39, 0.29) is 41.5 Å². The predicted octanol–water partition coefficient (Wildman–Crippen LogP) is -0.0731. The second-order valence-electron chi connectivity index (χ2n) is 8.05. The second-order valence-corrected chi connectivity index (χ2v) is 8.41. The first-order chi connectivity index (χ1) is 16.8. The van der Waals surface area contributed by atoms with Crippen LogP contribution in [0.2, 0.25) is 5.15 Å². The van der Waals surface area contributed by atoms with Gasteiger partial charge in [-0.1, -0.05) is 11.6 Å². The Morgan fingerprint density at radius 1 is 1.23 bits per heavy atom. The van der Waals surface area contributed by atoms with Crippen molar-refractivity contribution in [3.05, 3.63) is 34.9 Å². The Bertz CT molecular complexity index is 1270. The van der Waals surface area contributed by atoms with E-state index in [9.17, 15) is 9.59 Å². The van der Waals surface area contributed by atoms with Crippen LogP contribution in [-0.4, -0.2) is 64.5 Å². The number of aromatic nitrogens is 4. The molecule has 2 amide bonds. The van der Waals surface area contributed by atoms with E-state index < -0.39 is 5.91 Å². The van der Waals surface area contributed by atoms with Crippen LogP contribution in [0.25, 0.3) is 11.0 Å². The van der Waals surface area contributed by atoms with Gasteiger partial charge in [0.15, 0.2) is 40.1 Å². The number of fused-ring (bicyclic) bond motifs is 1. The molecule has 0 saturated carbocycles. The van der Waals surface area contributed by atoms with Crippen molar-refractivity contribution in [2.75, 3.05) is 44.8 Å². The number of carbonyl (C=O) groups is 2. The lowest BCUT2D eigenvalue weighted by Gasteiger charge is -2.26. The van der Waals surface area contributed by atoms with E-state index in [0.29, 0.717) is 25.4 Å². The zero-order valence-corrected chi connectivity index (χ0v) is 20.4. The minimum absolute atomic E-state index is 0.00970. The molecule has 1 aliphatic heterocycles. The molecule has 1 saturated heterocycles. The Labute approximate surface area is 207 Å². The number of hydrogen-bond donors (Lipinski definition) is 4. The van der Waals surface area contributed by atoms with E-state index in [1.54, 1.807) is 7.11 Å². The van der Waals surface area contributed by atoms with Crippen molar-refractivity contribution in [2.24, 2.45) is 0 Å². The van der Waals surface area contributed by atoms with Crippen molar-refractivity contribution in [3.63, 3.8) is 0 Å². The van der Waals surface area contributed by atoms with E-state index >= 15 is 0 Å². The summed E-state index contributed by atoms with van der Waals surface area (Å²) in [6.07, 6.45) is 0. The topological polar surface area (TPSA) is 157 Å². The Kier molecular flexibility index (Phi) is 7.22. The Morgan fingerprint density at radius 3 is 2.66 bits per heavy atom. The van der Waals surface area contributed by atoms with Crippen molar-refractivity contribution in [1.29, 1.82) is 0 Å². The van der Waals surface area contributed by atoms with E-state index in [2.05, 4.69) is 20.6 Å². The number of nitrogens with two attached hydrogens (primary N) is 2. The number of carbonyl (C=O) groups excluding carboxylic acids is 2. The lowest BCUT2D eigenvalue weighted by molar-refractivity contribution is -0.668. The highest BCUT2D eigenvalue weighted by Gasteiger charge is 2.29. The zero-order chi connectivity index (χ0) is 25.1. The summed E-state index contributed by atoms with van der Waals surface area (Å²) in [6.45, 7) is 5.69. The van der Waals surface area contributed by atoms with Crippen molar-refractivity contribution < 1.29 is 18.9 Å². The first kappa shape index (κ1) is 24.5. The van der Waals surface area contributed by atoms with Gasteiger partial charge in [-0.05, 0) is 19.1 Å². The molecule has 1 aliphatic rings. The third-order valence-corrected chi connectivity index (χ3v) is 6.27. The van der Waals surface area contributed by atoms with Gasteiger partial charge < -0.3 is 31.7 Å². The molecule has 0 unspecified atom stereocenters. The summed E-state index contributed by atoms with van der Waals surface area (Å²) < 4.78 is 9.37. The third kappa shape index (κ3) is 4.93. The standard InChI is InChI=1S/C22H28ClN9O3/c1-3-31-15-10-13(35-2)4-5-14(15)32(12-17(33)30-8-6-26-7-9-30)16(31)11-27-22(34)18-20(24)29-21(25)19(23)28-18/h4-5,10,26H,3,6-9,11-12H2,1-2H3,(H4-,24,25,27,29,34)/p+1.